The van der Waals surface area contributed by atoms with Gasteiger partial charge in [-0.3, -0.25) is 4.79 Å². The number of rotatable bonds is 9. The van der Waals surface area contributed by atoms with E-state index < -0.39 is 0 Å². The summed E-state index contributed by atoms with van der Waals surface area (Å²) in [6, 6.07) is 7.61. The Morgan fingerprint density at radius 3 is 2.70 bits per heavy atom. The zero-order valence-electron chi connectivity index (χ0n) is 11.7. The standard InChI is InChI=1S/C14H21BrN2O2.ClH/c1-2-8-16-9-10-17-14(18)7-11-19-13-6-4-3-5-12(13)15;/h3-6,16H,2,7-11H2,1H3,(H,17,18);1H. The van der Waals surface area contributed by atoms with E-state index in [1.54, 1.807) is 0 Å². The highest BCUT2D eigenvalue weighted by molar-refractivity contribution is 9.10. The highest BCUT2D eigenvalue weighted by Gasteiger charge is 2.03. The predicted molar refractivity (Wildman–Crippen MR) is 87.7 cm³/mol. The van der Waals surface area contributed by atoms with Gasteiger partial charge in [0.1, 0.15) is 5.75 Å². The summed E-state index contributed by atoms with van der Waals surface area (Å²) in [5, 5.41) is 6.08. The van der Waals surface area contributed by atoms with Crippen LogP contribution < -0.4 is 15.4 Å². The fraction of sp³-hybridized carbons (Fsp3) is 0.500. The maximum absolute atomic E-state index is 11.5. The van der Waals surface area contributed by atoms with Crippen LogP contribution in [0.2, 0.25) is 0 Å². The van der Waals surface area contributed by atoms with Crippen molar-refractivity contribution in [1.29, 1.82) is 0 Å². The van der Waals surface area contributed by atoms with Gasteiger partial charge < -0.3 is 15.4 Å². The van der Waals surface area contributed by atoms with Gasteiger partial charge in [0.15, 0.2) is 0 Å². The van der Waals surface area contributed by atoms with Crippen molar-refractivity contribution in [2.45, 2.75) is 19.8 Å². The van der Waals surface area contributed by atoms with Crippen LogP contribution in [0.4, 0.5) is 0 Å². The number of benzene rings is 1. The first kappa shape index (κ1) is 19.2. The van der Waals surface area contributed by atoms with Gasteiger partial charge in [-0.25, -0.2) is 0 Å². The summed E-state index contributed by atoms with van der Waals surface area (Å²) in [6.07, 6.45) is 1.48. The molecule has 0 bridgehead atoms. The molecule has 1 rings (SSSR count). The molecular weight excluding hydrogens is 344 g/mol. The summed E-state index contributed by atoms with van der Waals surface area (Å²) < 4.78 is 6.43. The number of para-hydroxylation sites is 1. The van der Waals surface area contributed by atoms with Crippen LogP contribution in [-0.2, 0) is 4.79 Å². The smallest absolute Gasteiger partial charge is 0.223 e. The van der Waals surface area contributed by atoms with Crippen molar-refractivity contribution in [3.05, 3.63) is 28.7 Å². The third-order valence-corrected chi connectivity index (χ3v) is 3.13. The van der Waals surface area contributed by atoms with Gasteiger partial charge in [0.25, 0.3) is 0 Å². The minimum absolute atomic E-state index is 0. The van der Waals surface area contributed by atoms with Gasteiger partial charge in [0.05, 0.1) is 17.5 Å². The zero-order valence-corrected chi connectivity index (χ0v) is 14.1. The number of amides is 1. The normalized spacial score (nSPS) is 9.70. The first-order valence-electron chi connectivity index (χ1n) is 6.58. The Bertz CT molecular complexity index is 391. The minimum Gasteiger partial charge on any atom is -0.492 e. The van der Waals surface area contributed by atoms with Crippen LogP contribution in [0.15, 0.2) is 28.7 Å². The maximum Gasteiger partial charge on any atom is 0.223 e. The summed E-state index contributed by atoms with van der Waals surface area (Å²) in [5.74, 6) is 0.783. The molecule has 0 aliphatic rings. The highest BCUT2D eigenvalue weighted by atomic mass is 79.9. The van der Waals surface area contributed by atoms with Crippen molar-refractivity contribution in [3.8, 4) is 5.75 Å². The van der Waals surface area contributed by atoms with E-state index in [1.165, 1.54) is 0 Å². The molecule has 1 amide bonds. The van der Waals surface area contributed by atoms with E-state index in [2.05, 4.69) is 33.5 Å². The molecule has 0 fully saturated rings. The van der Waals surface area contributed by atoms with E-state index >= 15 is 0 Å². The van der Waals surface area contributed by atoms with Crippen LogP contribution in [0.3, 0.4) is 0 Å². The van der Waals surface area contributed by atoms with Gasteiger partial charge in [0.2, 0.25) is 5.91 Å². The SMILES string of the molecule is CCCNCCNC(=O)CCOc1ccccc1Br.Cl. The van der Waals surface area contributed by atoms with Crippen LogP contribution in [0.25, 0.3) is 0 Å². The topological polar surface area (TPSA) is 50.4 Å². The van der Waals surface area contributed by atoms with Gasteiger partial charge in [-0.2, -0.15) is 0 Å². The fourth-order valence-corrected chi connectivity index (χ4v) is 1.90. The molecule has 0 aromatic heterocycles. The summed E-state index contributed by atoms with van der Waals surface area (Å²) >= 11 is 3.40. The Balaban J connectivity index is 0.00000361. The lowest BCUT2D eigenvalue weighted by Crippen LogP contribution is -2.32. The molecule has 0 atom stereocenters. The molecule has 0 saturated carbocycles. The Hall–Kier alpha value is -0.780. The number of halogens is 2. The molecule has 0 aliphatic heterocycles. The van der Waals surface area contributed by atoms with E-state index in [0.29, 0.717) is 19.6 Å². The second-order valence-electron chi connectivity index (χ2n) is 4.13. The van der Waals surface area contributed by atoms with Crippen LogP contribution in [0, 0.1) is 0 Å². The van der Waals surface area contributed by atoms with Gasteiger partial charge in [-0.1, -0.05) is 19.1 Å². The molecule has 2 N–H and O–H groups in total. The molecule has 20 heavy (non-hydrogen) atoms. The number of carbonyl (C=O) groups is 1. The Kier molecular flexibility index (Phi) is 11.5. The average molecular weight is 366 g/mol. The summed E-state index contributed by atoms with van der Waals surface area (Å²) in [7, 11) is 0. The summed E-state index contributed by atoms with van der Waals surface area (Å²) in [5.41, 5.74) is 0. The maximum atomic E-state index is 11.5. The quantitative estimate of drug-likeness (QED) is 0.662. The lowest BCUT2D eigenvalue weighted by Gasteiger charge is -2.08. The molecule has 6 heteroatoms. The molecule has 114 valence electrons. The number of hydrogen-bond donors (Lipinski definition) is 2. The van der Waals surface area contributed by atoms with E-state index in [4.69, 9.17) is 4.74 Å². The van der Waals surface area contributed by atoms with Crippen molar-refractivity contribution < 1.29 is 9.53 Å². The second kappa shape index (κ2) is 12.0. The largest absolute Gasteiger partial charge is 0.492 e. The molecule has 0 unspecified atom stereocenters. The van der Waals surface area contributed by atoms with Crippen molar-refractivity contribution >= 4 is 34.2 Å². The summed E-state index contributed by atoms with van der Waals surface area (Å²) in [4.78, 5) is 11.5. The number of hydrogen-bond acceptors (Lipinski definition) is 3. The molecule has 0 radical (unpaired) electrons. The van der Waals surface area contributed by atoms with Crippen molar-refractivity contribution in [2.24, 2.45) is 0 Å². The molecule has 0 aliphatic carbocycles. The molecule has 4 nitrogen and oxygen atoms in total. The van der Waals surface area contributed by atoms with E-state index in [1.807, 2.05) is 24.3 Å². The average Bonchev–Trinajstić information content (AvgIpc) is 2.41. The Labute approximate surface area is 135 Å². The zero-order chi connectivity index (χ0) is 13.9. The van der Waals surface area contributed by atoms with Gasteiger partial charge in [0, 0.05) is 13.1 Å². The van der Waals surface area contributed by atoms with Crippen molar-refractivity contribution in [1.82, 2.24) is 10.6 Å². The highest BCUT2D eigenvalue weighted by Crippen LogP contribution is 2.23. The van der Waals surface area contributed by atoms with Crippen LogP contribution in [-0.4, -0.2) is 32.1 Å². The van der Waals surface area contributed by atoms with E-state index in [0.717, 1.165) is 29.7 Å². The second-order valence-corrected chi connectivity index (χ2v) is 4.98. The first-order valence-corrected chi connectivity index (χ1v) is 7.38. The third kappa shape index (κ3) is 8.40. The van der Waals surface area contributed by atoms with Crippen LogP contribution in [0.1, 0.15) is 19.8 Å². The Morgan fingerprint density at radius 2 is 2.00 bits per heavy atom. The predicted octanol–water partition coefficient (Wildman–Crippen LogP) is 2.76. The van der Waals surface area contributed by atoms with E-state index in [9.17, 15) is 4.79 Å². The van der Waals surface area contributed by atoms with Crippen molar-refractivity contribution in [2.75, 3.05) is 26.2 Å². The van der Waals surface area contributed by atoms with Gasteiger partial charge in [-0.15, -0.1) is 12.4 Å². The fourth-order valence-electron chi connectivity index (χ4n) is 1.50. The monoisotopic (exact) mass is 364 g/mol. The number of nitrogens with one attached hydrogen (secondary N) is 2. The molecular formula is C14H22BrClN2O2. The van der Waals surface area contributed by atoms with Crippen molar-refractivity contribution in [3.63, 3.8) is 0 Å². The first-order chi connectivity index (χ1) is 9.24. The number of carbonyl (C=O) groups excluding carboxylic acids is 1. The number of ether oxygens (including phenoxy) is 1. The molecule has 1 aromatic carbocycles. The minimum atomic E-state index is 0. The molecule has 0 heterocycles. The van der Waals surface area contributed by atoms with Gasteiger partial charge >= 0.3 is 0 Å². The lowest BCUT2D eigenvalue weighted by atomic mass is 10.3. The van der Waals surface area contributed by atoms with Crippen LogP contribution in [0.5, 0.6) is 5.75 Å². The molecule has 0 spiro atoms. The third-order valence-electron chi connectivity index (χ3n) is 2.47. The summed E-state index contributed by atoms with van der Waals surface area (Å²) in [6.45, 7) is 4.96. The lowest BCUT2D eigenvalue weighted by molar-refractivity contribution is -0.121. The van der Waals surface area contributed by atoms with Gasteiger partial charge in [-0.05, 0) is 41.0 Å². The van der Waals surface area contributed by atoms with Crippen LogP contribution >= 0.6 is 28.3 Å². The van der Waals surface area contributed by atoms with E-state index in [-0.39, 0.29) is 18.3 Å². The molecule has 0 saturated heterocycles. The molecule has 1 aromatic rings. The Morgan fingerprint density at radius 1 is 1.25 bits per heavy atom.